The number of Topliss-reactive ketones (excluding diaryl/α,β-unsaturated/α-hetero) is 1. The topological polar surface area (TPSA) is 89.9 Å². The Morgan fingerprint density at radius 1 is 0.889 bits per heavy atom. The SMILES string of the molecule is C[C@]1(O)CC(=O)[C@H](C(=O)OCc2ccccc2)[C@H](c2cccc(F)c2)[C@@H]1C(=O)OCc1ccccc1. The van der Waals surface area contributed by atoms with Crippen LogP contribution in [0.25, 0.3) is 0 Å². The second-order valence-corrected chi connectivity index (χ2v) is 9.22. The van der Waals surface area contributed by atoms with Crippen molar-refractivity contribution in [1.82, 2.24) is 0 Å². The number of hydrogen-bond acceptors (Lipinski definition) is 6. The van der Waals surface area contributed by atoms with Crippen molar-refractivity contribution in [2.24, 2.45) is 11.8 Å². The van der Waals surface area contributed by atoms with Gasteiger partial charge in [-0.25, -0.2) is 4.39 Å². The van der Waals surface area contributed by atoms with Gasteiger partial charge in [0, 0.05) is 12.3 Å². The zero-order valence-electron chi connectivity index (χ0n) is 19.8. The van der Waals surface area contributed by atoms with Crippen LogP contribution in [0.1, 0.15) is 36.0 Å². The van der Waals surface area contributed by atoms with E-state index in [0.717, 1.165) is 17.2 Å². The van der Waals surface area contributed by atoms with Crippen LogP contribution in [-0.4, -0.2) is 28.4 Å². The third kappa shape index (κ3) is 5.69. The van der Waals surface area contributed by atoms with Crippen LogP contribution in [0.3, 0.4) is 0 Å². The third-order valence-electron chi connectivity index (χ3n) is 6.46. The van der Waals surface area contributed by atoms with Gasteiger partial charge >= 0.3 is 11.9 Å². The van der Waals surface area contributed by atoms with Gasteiger partial charge < -0.3 is 14.6 Å². The average Bonchev–Trinajstić information content (AvgIpc) is 2.86. The Bertz CT molecular complexity index is 1220. The lowest BCUT2D eigenvalue weighted by Gasteiger charge is -2.43. The Morgan fingerprint density at radius 3 is 2.00 bits per heavy atom. The molecule has 186 valence electrons. The number of hydrogen-bond donors (Lipinski definition) is 1. The highest BCUT2D eigenvalue weighted by Gasteiger charge is 2.57. The number of carbonyl (C=O) groups is 3. The fourth-order valence-corrected chi connectivity index (χ4v) is 4.77. The molecule has 0 saturated heterocycles. The second-order valence-electron chi connectivity index (χ2n) is 9.22. The van der Waals surface area contributed by atoms with E-state index >= 15 is 0 Å². The van der Waals surface area contributed by atoms with E-state index in [0.29, 0.717) is 0 Å². The van der Waals surface area contributed by atoms with Crippen molar-refractivity contribution in [3.8, 4) is 0 Å². The van der Waals surface area contributed by atoms with Gasteiger partial charge in [-0.1, -0.05) is 72.8 Å². The van der Waals surface area contributed by atoms with Crippen LogP contribution in [0.15, 0.2) is 84.9 Å². The molecule has 0 aliphatic heterocycles. The molecule has 0 amide bonds. The standard InChI is InChI=1S/C29H27FO6/c1-29(34)16-23(31)25(27(32)35-17-19-9-4-2-5-10-19)24(21-13-8-14-22(30)15-21)26(29)28(33)36-18-20-11-6-3-7-12-20/h2-15,24-26,34H,16-18H2,1H3/t24-,25-,26+,29-/m0/s1. The van der Waals surface area contributed by atoms with Gasteiger partial charge in [0.05, 0.1) is 11.5 Å². The summed E-state index contributed by atoms with van der Waals surface area (Å²) >= 11 is 0. The molecule has 0 spiro atoms. The summed E-state index contributed by atoms with van der Waals surface area (Å²) in [5.41, 5.74) is -0.134. The molecule has 0 unspecified atom stereocenters. The van der Waals surface area contributed by atoms with Gasteiger partial charge in [0.1, 0.15) is 24.9 Å². The van der Waals surface area contributed by atoms with Gasteiger partial charge in [-0.2, -0.15) is 0 Å². The quantitative estimate of drug-likeness (QED) is 0.391. The van der Waals surface area contributed by atoms with E-state index in [9.17, 15) is 23.9 Å². The molecule has 7 heteroatoms. The first kappa shape index (κ1) is 25.3. The van der Waals surface area contributed by atoms with Crippen molar-refractivity contribution in [3.05, 3.63) is 107 Å². The van der Waals surface area contributed by atoms with Crippen LogP contribution in [0.4, 0.5) is 4.39 Å². The van der Waals surface area contributed by atoms with Crippen molar-refractivity contribution < 1.29 is 33.4 Å². The number of ether oxygens (including phenoxy) is 2. The molecule has 4 atom stereocenters. The van der Waals surface area contributed by atoms with Gasteiger partial charge in [-0.15, -0.1) is 0 Å². The monoisotopic (exact) mass is 490 g/mol. The van der Waals surface area contributed by atoms with Crippen LogP contribution in [0.5, 0.6) is 0 Å². The number of aliphatic hydroxyl groups is 1. The lowest BCUT2D eigenvalue weighted by molar-refractivity contribution is -0.174. The fourth-order valence-electron chi connectivity index (χ4n) is 4.77. The first-order valence-electron chi connectivity index (χ1n) is 11.7. The minimum absolute atomic E-state index is 0.0564. The minimum Gasteiger partial charge on any atom is -0.461 e. The molecule has 1 saturated carbocycles. The maximum absolute atomic E-state index is 14.2. The molecule has 3 aromatic carbocycles. The van der Waals surface area contributed by atoms with Gasteiger partial charge in [0.25, 0.3) is 0 Å². The van der Waals surface area contributed by atoms with Crippen molar-refractivity contribution in [2.75, 3.05) is 0 Å². The van der Waals surface area contributed by atoms with Gasteiger partial charge in [-0.05, 0) is 35.7 Å². The third-order valence-corrected chi connectivity index (χ3v) is 6.46. The fraction of sp³-hybridized carbons (Fsp3) is 0.276. The summed E-state index contributed by atoms with van der Waals surface area (Å²) in [6.07, 6.45) is -0.449. The van der Waals surface area contributed by atoms with Crippen molar-refractivity contribution in [3.63, 3.8) is 0 Å². The number of halogens is 1. The number of esters is 2. The minimum atomic E-state index is -1.82. The molecular formula is C29H27FO6. The Morgan fingerprint density at radius 2 is 1.44 bits per heavy atom. The highest BCUT2D eigenvalue weighted by molar-refractivity contribution is 6.02. The molecule has 0 bridgehead atoms. The molecule has 36 heavy (non-hydrogen) atoms. The number of ketones is 1. The molecule has 1 aliphatic rings. The first-order valence-corrected chi connectivity index (χ1v) is 11.7. The van der Waals surface area contributed by atoms with Crippen LogP contribution in [0.2, 0.25) is 0 Å². The molecule has 6 nitrogen and oxygen atoms in total. The van der Waals surface area contributed by atoms with Gasteiger partial charge in [-0.3, -0.25) is 14.4 Å². The van der Waals surface area contributed by atoms with Gasteiger partial charge in [0.15, 0.2) is 5.78 Å². The molecule has 3 aromatic rings. The van der Waals surface area contributed by atoms with E-state index in [1.807, 2.05) is 12.1 Å². The Hall–Kier alpha value is -3.84. The summed E-state index contributed by atoms with van der Waals surface area (Å²) in [5, 5.41) is 11.2. The highest BCUT2D eigenvalue weighted by atomic mass is 19.1. The predicted molar refractivity (Wildman–Crippen MR) is 129 cm³/mol. The summed E-state index contributed by atoms with van der Waals surface area (Å²) in [4.78, 5) is 39.8. The summed E-state index contributed by atoms with van der Waals surface area (Å²) in [6, 6.07) is 23.3. The van der Waals surface area contributed by atoms with E-state index in [2.05, 4.69) is 0 Å². The van der Waals surface area contributed by atoms with Crippen LogP contribution < -0.4 is 0 Å². The Kier molecular flexibility index (Phi) is 7.60. The summed E-state index contributed by atoms with van der Waals surface area (Å²) < 4.78 is 25.2. The Labute approximate surface area is 208 Å². The molecule has 0 aromatic heterocycles. The maximum atomic E-state index is 14.2. The number of rotatable bonds is 7. The molecular weight excluding hydrogens is 463 g/mol. The van der Waals surface area contributed by atoms with Crippen molar-refractivity contribution in [1.29, 1.82) is 0 Å². The number of carbonyl (C=O) groups excluding carboxylic acids is 3. The van der Waals surface area contributed by atoms with E-state index in [1.54, 1.807) is 48.5 Å². The average molecular weight is 491 g/mol. The Balaban J connectivity index is 1.66. The smallest absolute Gasteiger partial charge is 0.317 e. The molecule has 1 fully saturated rings. The van der Waals surface area contributed by atoms with Crippen LogP contribution in [0, 0.1) is 17.7 Å². The molecule has 0 heterocycles. The van der Waals surface area contributed by atoms with Gasteiger partial charge in [0.2, 0.25) is 0 Å². The largest absolute Gasteiger partial charge is 0.461 e. The van der Waals surface area contributed by atoms with Crippen LogP contribution in [-0.2, 0) is 37.1 Å². The molecule has 0 radical (unpaired) electrons. The highest BCUT2D eigenvalue weighted by Crippen LogP contribution is 2.47. The predicted octanol–water partition coefficient (Wildman–Crippen LogP) is 4.35. The zero-order chi connectivity index (χ0) is 25.7. The lowest BCUT2D eigenvalue weighted by Crippen LogP contribution is -2.55. The van der Waals surface area contributed by atoms with E-state index in [-0.39, 0.29) is 18.8 Å². The van der Waals surface area contributed by atoms with E-state index < -0.39 is 53.3 Å². The van der Waals surface area contributed by atoms with E-state index in [4.69, 9.17) is 9.47 Å². The maximum Gasteiger partial charge on any atom is 0.317 e. The molecule has 1 N–H and O–H groups in total. The summed E-state index contributed by atoms with van der Waals surface area (Å²) in [5.74, 6) is -6.71. The van der Waals surface area contributed by atoms with Crippen molar-refractivity contribution in [2.45, 2.75) is 38.1 Å². The number of benzene rings is 3. The molecule has 4 rings (SSSR count). The normalized spacial score (nSPS) is 23.6. The van der Waals surface area contributed by atoms with Crippen molar-refractivity contribution >= 4 is 17.7 Å². The van der Waals surface area contributed by atoms with E-state index in [1.165, 1.54) is 25.1 Å². The molecule has 1 aliphatic carbocycles. The summed E-state index contributed by atoms with van der Waals surface area (Å²) in [6.45, 7) is 1.23. The summed E-state index contributed by atoms with van der Waals surface area (Å²) in [7, 11) is 0. The lowest BCUT2D eigenvalue weighted by atomic mass is 9.61. The second kappa shape index (κ2) is 10.8. The van der Waals surface area contributed by atoms with Crippen LogP contribution >= 0.6 is 0 Å². The zero-order valence-corrected chi connectivity index (χ0v) is 19.8. The first-order chi connectivity index (χ1) is 17.3.